The van der Waals surface area contributed by atoms with Crippen molar-refractivity contribution in [2.24, 2.45) is 5.10 Å². The lowest BCUT2D eigenvalue weighted by Gasteiger charge is -2.06. The maximum Gasteiger partial charge on any atom is 0.354 e. The van der Waals surface area contributed by atoms with Gasteiger partial charge in [0.05, 0.1) is 17.3 Å². The minimum Gasteiger partial charge on any atom is -0.461 e. The van der Waals surface area contributed by atoms with Crippen LogP contribution in [0.25, 0.3) is 0 Å². The molecule has 0 atom stereocenters. The highest BCUT2D eigenvalue weighted by Gasteiger charge is 2.10. The Morgan fingerprint density at radius 2 is 2.22 bits per heavy atom. The van der Waals surface area contributed by atoms with Gasteiger partial charge in [0, 0.05) is 4.47 Å². The van der Waals surface area contributed by atoms with E-state index in [4.69, 9.17) is 16.3 Å². The number of esters is 1. The van der Waals surface area contributed by atoms with E-state index in [-0.39, 0.29) is 0 Å². The van der Waals surface area contributed by atoms with Gasteiger partial charge in [0.15, 0.2) is 0 Å². The number of anilines is 1. The molecule has 0 heterocycles. The number of rotatable bonds is 5. The number of ether oxygens (including phenoxy) is 1. The SMILES string of the molecule is CCOC(=O)/C(CC)=N/Nc1ccc(Cl)c(Br)c1. The molecule has 1 N–H and O–H groups in total. The highest BCUT2D eigenvalue weighted by Crippen LogP contribution is 2.25. The van der Waals surface area contributed by atoms with Crippen LogP contribution in [0.5, 0.6) is 0 Å². The Hall–Kier alpha value is -1.07. The van der Waals surface area contributed by atoms with Gasteiger partial charge in [-0.15, -0.1) is 0 Å². The summed E-state index contributed by atoms with van der Waals surface area (Å²) in [5.41, 5.74) is 3.89. The van der Waals surface area contributed by atoms with Crippen molar-refractivity contribution < 1.29 is 9.53 Å². The van der Waals surface area contributed by atoms with Crippen LogP contribution in [0.3, 0.4) is 0 Å². The zero-order valence-corrected chi connectivity index (χ0v) is 12.5. The Balaban J connectivity index is 2.76. The molecule has 98 valence electrons. The summed E-state index contributed by atoms with van der Waals surface area (Å²) in [6, 6.07) is 5.29. The van der Waals surface area contributed by atoms with Crippen molar-refractivity contribution in [2.45, 2.75) is 20.3 Å². The Kier molecular flexibility index (Phi) is 6.15. The van der Waals surface area contributed by atoms with Crippen LogP contribution in [-0.2, 0) is 9.53 Å². The third kappa shape index (κ3) is 4.31. The zero-order valence-electron chi connectivity index (χ0n) is 10.2. The minimum absolute atomic E-state index is 0.338. The Bertz CT molecular complexity index is 463. The fourth-order valence-electron chi connectivity index (χ4n) is 1.18. The van der Waals surface area contributed by atoms with Crippen LogP contribution in [0, 0.1) is 0 Å². The second kappa shape index (κ2) is 7.38. The lowest BCUT2D eigenvalue weighted by molar-refractivity contribution is -0.135. The molecule has 0 fully saturated rings. The van der Waals surface area contributed by atoms with Crippen LogP contribution >= 0.6 is 27.5 Å². The van der Waals surface area contributed by atoms with Crippen molar-refractivity contribution in [1.29, 1.82) is 0 Å². The average molecular weight is 334 g/mol. The van der Waals surface area contributed by atoms with Gasteiger partial charge in [-0.05, 0) is 47.5 Å². The molecule has 1 aromatic carbocycles. The first-order valence-electron chi connectivity index (χ1n) is 5.53. The number of hydrazone groups is 1. The Labute approximate surface area is 119 Å². The molecule has 0 saturated heterocycles. The van der Waals surface area contributed by atoms with Gasteiger partial charge in [0.1, 0.15) is 5.71 Å². The lowest BCUT2D eigenvalue weighted by Crippen LogP contribution is -2.18. The van der Waals surface area contributed by atoms with E-state index in [0.29, 0.717) is 23.8 Å². The van der Waals surface area contributed by atoms with E-state index in [0.717, 1.165) is 10.2 Å². The van der Waals surface area contributed by atoms with Crippen molar-refractivity contribution in [3.8, 4) is 0 Å². The van der Waals surface area contributed by atoms with Gasteiger partial charge in [-0.3, -0.25) is 5.43 Å². The van der Waals surface area contributed by atoms with Crippen LogP contribution in [0.4, 0.5) is 5.69 Å². The molecule has 0 aliphatic carbocycles. The first kappa shape index (κ1) is 15.0. The number of nitrogens with one attached hydrogen (secondary N) is 1. The van der Waals surface area contributed by atoms with E-state index in [1.54, 1.807) is 25.1 Å². The molecule has 4 nitrogen and oxygen atoms in total. The molecule has 0 bridgehead atoms. The molecule has 1 rings (SSSR count). The summed E-state index contributed by atoms with van der Waals surface area (Å²) in [5, 5.41) is 4.65. The zero-order chi connectivity index (χ0) is 13.5. The first-order valence-corrected chi connectivity index (χ1v) is 6.70. The molecule has 0 saturated carbocycles. The third-order valence-electron chi connectivity index (χ3n) is 2.09. The number of benzene rings is 1. The van der Waals surface area contributed by atoms with Gasteiger partial charge in [-0.2, -0.15) is 5.10 Å². The molecule has 0 aliphatic heterocycles. The maximum absolute atomic E-state index is 11.5. The molecule has 0 unspecified atom stereocenters. The second-order valence-corrected chi connectivity index (χ2v) is 4.63. The van der Waals surface area contributed by atoms with Crippen LogP contribution in [-0.4, -0.2) is 18.3 Å². The van der Waals surface area contributed by atoms with E-state index < -0.39 is 5.97 Å². The number of carbonyl (C=O) groups is 1. The van der Waals surface area contributed by atoms with E-state index in [1.807, 2.05) is 6.92 Å². The average Bonchev–Trinajstić information content (AvgIpc) is 2.34. The van der Waals surface area contributed by atoms with Crippen molar-refractivity contribution >= 4 is 44.9 Å². The molecular formula is C12H14BrClN2O2. The largest absolute Gasteiger partial charge is 0.461 e. The summed E-state index contributed by atoms with van der Waals surface area (Å²) < 4.78 is 5.65. The molecule has 18 heavy (non-hydrogen) atoms. The van der Waals surface area contributed by atoms with Gasteiger partial charge >= 0.3 is 5.97 Å². The number of carbonyl (C=O) groups excluding carboxylic acids is 1. The van der Waals surface area contributed by atoms with Crippen molar-refractivity contribution in [1.82, 2.24) is 0 Å². The topological polar surface area (TPSA) is 50.7 Å². The monoisotopic (exact) mass is 332 g/mol. The summed E-state index contributed by atoms with van der Waals surface area (Å²) in [4.78, 5) is 11.5. The highest BCUT2D eigenvalue weighted by molar-refractivity contribution is 9.10. The summed E-state index contributed by atoms with van der Waals surface area (Å²) >= 11 is 9.19. The molecule has 0 amide bonds. The third-order valence-corrected chi connectivity index (χ3v) is 3.30. The quantitative estimate of drug-likeness (QED) is 0.506. The van der Waals surface area contributed by atoms with E-state index >= 15 is 0 Å². The molecule has 0 spiro atoms. The minimum atomic E-state index is -0.402. The predicted molar refractivity (Wildman–Crippen MR) is 77.1 cm³/mol. The van der Waals surface area contributed by atoms with Crippen LogP contribution in [0.15, 0.2) is 27.8 Å². The van der Waals surface area contributed by atoms with Crippen LogP contribution in [0.1, 0.15) is 20.3 Å². The van der Waals surface area contributed by atoms with E-state index in [2.05, 4.69) is 26.5 Å². The van der Waals surface area contributed by atoms with Crippen LogP contribution < -0.4 is 5.43 Å². The second-order valence-electron chi connectivity index (χ2n) is 3.37. The van der Waals surface area contributed by atoms with Crippen LogP contribution in [0.2, 0.25) is 5.02 Å². The normalized spacial score (nSPS) is 11.2. The molecule has 0 aromatic heterocycles. The number of halogens is 2. The van der Waals surface area contributed by atoms with E-state index in [9.17, 15) is 4.79 Å². The smallest absolute Gasteiger partial charge is 0.354 e. The molecule has 6 heteroatoms. The summed E-state index contributed by atoms with van der Waals surface area (Å²) in [7, 11) is 0. The molecular weight excluding hydrogens is 320 g/mol. The van der Waals surface area contributed by atoms with Crippen molar-refractivity contribution in [3.63, 3.8) is 0 Å². The number of nitrogens with zero attached hydrogens (tertiary/aromatic N) is 1. The standard InChI is InChI=1S/C12H14BrClN2O2/c1-3-11(12(17)18-4-2)16-15-8-5-6-10(14)9(13)7-8/h5-7,15H,3-4H2,1-2H3/b16-11+. The number of hydrogen-bond donors (Lipinski definition) is 1. The van der Waals surface area contributed by atoms with Gasteiger partial charge in [-0.1, -0.05) is 18.5 Å². The lowest BCUT2D eigenvalue weighted by atomic mass is 10.3. The first-order chi connectivity index (χ1) is 8.58. The predicted octanol–water partition coefficient (Wildman–Crippen LogP) is 3.84. The van der Waals surface area contributed by atoms with Gasteiger partial charge in [-0.25, -0.2) is 4.79 Å². The summed E-state index contributed by atoms with van der Waals surface area (Å²) in [6.07, 6.45) is 0.501. The fourth-order valence-corrected chi connectivity index (χ4v) is 1.68. The summed E-state index contributed by atoms with van der Waals surface area (Å²) in [6.45, 7) is 3.94. The van der Waals surface area contributed by atoms with Crippen molar-refractivity contribution in [3.05, 3.63) is 27.7 Å². The van der Waals surface area contributed by atoms with Gasteiger partial charge in [0.2, 0.25) is 0 Å². The Morgan fingerprint density at radius 3 is 2.78 bits per heavy atom. The molecule has 0 radical (unpaired) electrons. The van der Waals surface area contributed by atoms with E-state index in [1.165, 1.54) is 0 Å². The summed E-state index contributed by atoms with van der Waals surface area (Å²) in [5.74, 6) is -0.402. The van der Waals surface area contributed by atoms with Gasteiger partial charge in [0.25, 0.3) is 0 Å². The van der Waals surface area contributed by atoms with Crippen molar-refractivity contribution in [2.75, 3.05) is 12.0 Å². The Morgan fingerprint density at radius 1 is 1.50 bits per heavy atom. The molecule has 1 aromatic rings. The number of hydrogen-bond acceptors (Lipinski definition) is 4. The highest BCUT2D eigenvalue weighted by atomic mass is 79.9. The van der Waals surface area contributed by atoms with Gasteiger partial charge < -0.3 is 4.74 Å². The fraction of sp³-hybridized carbons (Fsp3) is 0.333. The molecule has 0 aliphatic rings. The maximum atomic E-state index is 11.5.